The number of imide groups is 1. The molecule has 7 nitrogen and oxygen atoms in total. The Labute approximate surface area is 175 Å². The van der Waals surface area contributed by atoms with Crippen LogP contribution in [0.3, 0.4) is 0 Å². The van der Waals surface area contributed by atoms with Gasteiger partial charge in [0.25, 0.3) is 0 Å². The topological polar surface area (TPSA) is 90.0 Å². The Hall–Kier alpha value is -2.96. The van der Waals surface area contributed by atoms with Crippen LogP contribution in [0.15, 0.2) is 54.6 Å². The maximum atomic E-state index is 12.7. The van der Waals surface area contributed by atoms with Crippen molar-refractivity contribution in [2.75, 3.05) is 0 Å². The minimum atomic E-state index is -5.14. The van der Waals surface area contributed by atoms with Crippen molar-refractivity contribution in [3.8, 4) is 0 Å². The predicted octanol–water partition coefficient (Wildman–Crippen LogP) is 3.47. The van der Waals surface area contributed by atoms with Gasteiger partial charge >= 0.3 is 176 Å². The van der Waals surface area contributed by atoms with Crippen LogP contribution < -0.4 is 0 Å². The first-order chi connectivity index (χ1) is 14.2. The Kier molecular flexibility index (Phi) is 6.39. The molecule has 1 heterocycles. The molecule has 1 aliphatic heterocycles. The quantitative estimate of drug-likeness (QED) is 0.431. The zero-order valence-corrected chi connectivity index (χ0v) is 17.2. The van der Waals surface area contributed by atoms with E-state index in [1.165, 1.54) is 24.3 Å². The van der Waals surface area contributed by atoms with E-state index in [0.717, 1.165) is 0 Å². The molecule has 1 aliphatic rings. The van der Waals surface area contributed by atoms with Gasteiger partial charge in [-0.25, -0.2) is 0 Å². The van der Waals surface area contributed by atoms with Crippen LogP contribution in [0.5, 0.6) is 0 Å². The van der Waals surface area contributed by atoms with Gasteiger partial charge in [0.15, 0.2) is 0 Å². The molecule has 11 heteroatoms. The van der Waals surface area contributed by atoms with Gasteiger partial charge in [0.2, 0.25) is 0 Å². The Morgan fingerprint density at radius 3 is 1.93 bits per heavy atom. The van der Waals surface area contributed by atoms with Crippen LogP contribution in [0.4, 0.5) is 13.2 Å². The molecule has 0 aromatic heterocycles. The average molecular weight is 535 g/mol. The minimum absolute atomic E-state index is 0.0303. The van der Waals surface area contributed by atoms with Crippen LogP contribution in [-0.2, 0) is 22.3 Å². The second-order valence-electron chi connectivity index (χ2n) is 5.87. The fourth-order valence-corrected chi connectivity index (χ4v) is 6.31. The van der Waals surface area contributed by atoms with Crippen molar-refractivity contribution in [1.29, 1.82) is 0 Å². The molecule has 0 unspecified atom stereocenters. The number of nitrogens with zero attached hydrogens (tertiary/aromatic N) is 1. The monoisotopic (exact) mass is 535 g/mol. The third kappa shape index (κ3) is 4.96. The third-order valence-electron chi connectivity index (χ3n) is 3.77. The molecule has 3 rings (SSSR count). The van der Waals surface area contributed by atoms with E-state index < -0.39 is 50.2 Å². The normalized spacial score (nSPS) is 14.5. The summed E-state index contributed by atoms with van der Waals surface area (Å²) in [6.45, 7) is 0. The molecule has 158 valence electrons. The van der Waals surface area contributed by atoms with Crippen LogP contribution in [0, 0.1) is 7.14 Å². The maximum absolute atomic E-state index is 12.7. The summed E-state index contributed by atoms with van der Waals surface area (Å²) in [6.07, 6.45) is -5.25. The summed E-state index contributed by atoms with van der Waals surface area (Å²) in [4.78, 5) is 51.4. The number of halogens is 4. The summed E-state index contributed by atoms with van der Waals surface area (Å²) in [5, 5.41) is 0.393. The van der Waals surface area contributed by atoms with Gasteiger partial charge < -0.3 is 0 Å². The van der Waals surface area contributed by atoms with E-state index in [0.29, 0.717) is 12.2 Å². The number of hydrogen-bond acceptors (Lipinski definition) is 6. The van der Waals surface area contributed by atoms with Crippen LogP contribution in [-0.4, -0.2) is 35.0 Å². The first-order valence-electron chi connectivity index (χ1n) is 8.39. The molecule has 0 atom stereocenters. The van der Waals surface area contributed by atoms with E-state index in [1.807, 2.05) is 0 Å². The number of amides is 2. The van der Waals surface area contributed by atoms with Crippen molar-refractivity contribution in [3.05, 3.63) is 67.3 Å². The van der Waals surface area contributed by atoms with Gasteiger partial charge in [-0.1, -0.05) is 0 Å². The summed E-state index contributed by atoms with van der Waals surface area (Å²) in [7, 11) is 0. The van der Waals surface area contributed by atoms with Crippen molar-refractivity contribution in [2.24, 2.45) is 0 Å². The van der Waals surface area contributed by atoms with E-state index in [-0.39, 0.29) is 18.4 Å². The Morgan fingerprint density at radius 1 is 0.867 bits per heavy atom. The Bertz CT molecular complexity index is 962. The molecule has 2 aromatic carbocycles. The van der Waals surface area contributed by atoms with Crippen LogP contribution in [0.2, 0.25) is 0 Å². The van der Waals surface area contributed by atoms with Crippen molar-refractivity contribution in [2.45, 2.75) is 19.0 Å². The van der Waals surface area contributed by atoms with Crippen LogP contribution in [0.25, 0.3) is 0 Å². The van der Waals surface area contributed by atoms with Crippen LogP contribution >= 0.6 is 20.2 Å². The van der Waals surface area contributed by atoms with Crippen LogP contribution in [0.1, 0.15) is 23.2 Å². The van der Waals surface area contributed by atoms with E-state index >= 15 is 0 Å². The van der Waals surface area contributed by atoms with Gasteiger partial charge in [-0.2, -0.15) is 0 Å². The second kappa shape index (κ2) is 8.81. The van der Waals surface area contributed by atoms with Gasteiger partial charge in [-0.05, 0) is 0 Å². The second-order valence-corrected chi connectivity index (χ2v) is 10.2. The standard InChI is InChI=1S/C19H13F3INO6/c20-19(21,22)18(28)29-23(13-4-2-1-3-5-13)14-8-6-12(7-9-14)17(27)30-24-15(25)10-11-16(24)26/h1-9H,10-11H2. The first-order valence-corrected chi connectivity index (χ1v) is 11.4. The Morgan fingerprint density at radius 2 is 1.40 bits per heavy atom. The summed E-state index contributed by atoms with van der Waals surface area (Å²) < 4.78 is 43.7. The van der Waals surface area contributed by atoms with Gasteiger partial charge in [0.1, 0.15) is 0 Å². The molecule has 1 fully saturated rings. The summed E-state index contributed by atoms with van der Waals surface area (Å²) in [5.41, 5.74) is -0.0303. The van der Waals surface area contributed by atoms with Crippen molar-refractivity contribution in [1.82, 2.24) is 5.06 Å². The summed E-state index contributed by atoms with van der Waals surface area (Å²) >= 11 is -3.27. The van der Waals surface area contributed by atoms with Gasteiger partial charge in [0.05, 0.1) is 0 Å². The summed E-state index contributed by atoms with van der Waals surface area (Å²) in [5.74, 6) is -4.54. The van der Waals surface area contributed by atoms with Gasteiger partial charge in [-0.3, -0.25) is 0 Å². The molecular formula is C19H13F3INO6. The van der Waals surface area contributed by atoms with Crippen molar-refractivity contribution in [3.63, 3.8) is 0 Å². The molecule has 0 N–H and O–H groups in total. The average Bonchev–Trinajstić information content (AvgIpc) is 3.04. The van der Waals surface area contributed by atoms with E-state index in [1.54, 1.807) is 30.3 Å². The third-order valence-corrected chi connectivity index (χ3v) is 8.31. The number of alkyl halides is 3. The van der Waals surface area contributed by atoms with Crippen molar-refractivity contribution >= 4 is 44.0 Å². The number of rotatable bonds is 5. The van der Waals surface area contributed by atoms with E-state index in [2.05, 4.69) is 0 Å². The van der Waals surface area contributed by atoms with Gasteiger partial charge in [0, 0.05) is 0 Å². The number of carbonyl (C=O) groups is 4. The van der Waals surface area contributed by atoms with E-state index in [4.69, 9.17) is 7.90 Å². The van der Waals surface area contributed by atoms with E-state index in [9.17, 15) is 32.3 Å². The number of carbonyl (C=O) groups excluding carboxylic acids is 4. The number of hydroxylamine groups is 2. The molecule has 0 aliphatic carbocycles. The molecule has 1 saturated heterocycles. The number of benzene rings is 2. The molecule has 2 amide bonds. The number of hydrogen-bond donors (Lipinski definition) is 0. The molecule has 0 saturated carbocycles. The molecule has 0 spiro atoms. The molecule has 0 radical (unpaired) electrons. The first kappa shape index (κ1) is 21.7. The molecule has 30 heavy (non-hydrogen) atoms. The SMILES string of the molecule is O=C(ON1C(=O)CCC1=O)c1ccc(I(OC(=O)C(F)(F)F)c2ccccc2)cc1. The summed E-state index contributed by atoms with van der Waals surface area (Å²) in [6, 6.07) is 13.2. The fourth-order valence-electron chi connectivity index (χ4n) is 2.35. The predicted molar refractivity (Wildman–Crippen MR) is 103 cm³/mol. The fraction of sp³-hybridized carbons (Fsp3) is 0.158. The zero-order chi connectivity index (χ0) is 21.9. The van der Waals surface area contributed by atoms with Gasteiger partial charge in [-0.15, -0.1) is 0 Å². The molecular weight excluding hydrogens is 522 g/mol. The van der Waals surface area contributed by atoms with Crippen molar-refractivity contribution < 1.29 is 40.3 Å². The molecule has 0 bridgehead atoms. The zero-order valence-electron chi connectivity index (χ0n) is 15.0. The molecule has 2 aromatic rings. The Balaban J connectivity index is 1.81.